The Kier molecular flexibility index (Phi) is 5.02. The van der Waals surface area contributed by atoms with Crippen LogP contribution in [0.2, 0.25) is 0 Å². The molecule has 0 heterocycles. The normalized spacial score (nSPS) is 10.3. The van der Waals surface area contributed by atoms with Crippen molar-refractivity contribution < 1.29 is 9.47 Å². The Hall–Kier alpha value is -2.00. The van der Waals surface area contributed by atoms with E-state index in [9.17, 15) is 0 Å². The van der Waals surface area contributed by atoms with Crippen LogP contribution >= 0.6 is 0 Å². The lowest BCUT2D eigenvalue weighted by Gasteiger charge is -2.12. The molecule has 0 aromatic heterocycles. The van der Waals surface area contributed by atoms with E-state index < -0.39 is 0 Å². The molecular formula is C17H21NO2. The summed E-state index contributed by atoms with van der Waals surface area (Å²) < 4.78 is 11.2. The first-order valence-corrected chi connectivity index (χ1v) is 6.78. The number of hydrogen-bond donors (Lipinski definition) is 1. The van der Waals surface area contributed by atoms with E-state index in [1.165, 1.54) is 5.56 Å². The highest BCUT2D eigenvalue weighted by Crippen LogP contribution is 2.29. The minimum atomic E-state index is 0.530. The first kappa shape index (κ1) is 14.4. The van der Waals surface area contributed by atoms with Crippen LogP contribution in [0.4, 0.5) is 0 Å². The first-order valence-electron chi connectivity index (χ1n) is 6.78. The summed E-state index contributed by atoms with van der Waals surface area (Å²) in [6, 6.07) is 14.3. The van der Waals surface area contributed by atoms with Crippen LogP contribution in [-0.2, 0) is 13.0 Å². The van der Waals surface area contributed by atoms with Gasteiger partial charge in [0, 0.05) is 0 Å². The molecule has 0 saturated carbocycles. The number of aryl methyl sites for hydroxylation is 1. The largest absolute Gasteiger partial charge is 0.493 e. The molecule has 106 valence electrons. The lowest BCUT2D eigenvalue weighted by atomic mass is 10.1. The van der Waals surface area contributed by atoms with Gasteiger partial charge in [-0.1, -0.05) is 35.9 Å². The minimum absolute atomic E-state index is 0.530. The van der Waals surface area contributed by atoms with Gasteiger partial charge in [0.1, 0.15) is 6.61 Å². The lowest BCUT2D eigenvalue weighted by molar-refractivity contribution is 0.284. The fourth-order valence-corrected chi connectivity index (χ4v) is 2.00. The molecule has 0 amide bonds. The van der Waals surface area contributed by atoms with Crippen molar-refractivity contribution >= 4 is 0 Å². The zero-order valence-electron chi connectivity index (χ0n) is 12.1. The van der Waals surface area contributed by atoms with Crippen molar-refractivity contribution in [3.8, 4) is 11.5 Å². The van der Waals surface area contributed by atoms with E-state index in [-0.39, 0.29) is 0 Å². The number of rotatable bonds is 6. The zero-order chi connectivity index (χ0) is 14.4. The predicted octanol–water partition coefficient (Wildman–Crippen LogP) is 3.08. The highest BCUT2D eigenvalue weighted by molar-refractivity contribution is 5.43. The van der Waals surface area contributed by atoms with Gasteiger partial charge in [-0.3, -0.25) is 0 Å². The maximum atomic E-state index is 5.88. The highest BCUT2D eigenvalue weighted by Gasteiger charge is 2.06. The molecule has 2 N–H and O–H groups in total. The van der Waals surface area contributed by atoms with E-state index in [1.807, 2.05) is 18.2 Å². The Morgan fingerprint density at radius 3 is 2.30 bits per heavy atom. The quantitative estimate of drug-likeness (QED) is 0.878. The van der Waals surface area contributed by atoms with Gasteiger partial charge in [0.2, 0.25) is 0 Å². The first-order chi connectivity index (χ1) is 9.72. The molecule has 20 heavy (non-hydrogen) atoms. The monoisotopic (exact) mass is 271 g/mol. The van der Waals surface area contributed by atoms with Crippen LogP contribution in [0.15, 0.2) is 42.5 Å². The van der Waals surface area contributed by atoms with Crippen molar-refractivity contribution in [1.29, 1.82) is 0 Å². The molecule has 0 spiro atoms. The van der Waals surface area contributed by atoms with Gasteiger partial charge in [-0.25, -0.2) is 0 Å². The SMILES string of the molecule is COc1ccc(CCN)cc1OCc1ccc(C)cc1. The number of hydrogen-bond acceptors (Lipinski definition) is 3. The summed E-state index contributed by atoms with van der Waals surface area (Å²) in [7, 11) is 1.65. The lowest BCUT2D eigenvalue weighted by Crippen LogP contribution is -2.04. The molecule has 0 radical (unpaired) electrons. The van der Waals surface area contributed by atoms with Gasteiger partial charge in [0.25, 0.3) is 0 Å². The molecular weight excluding hydrogens is 250 g/mol. The second kappa shape index (κ2) is 6.96. The molecule has 2 rings (SSSR count). The van der Waals surface area contributed by atoms with Gasteiger partial charge in [-0.2, -0.15) is 0 Å². The fraction of sp³-hybridized carbons (Fsp3) is 0.294. The summed E-state index contributed by atoms with van der Waals surface area (Å²) in [4.78, 5) is 0. The Morgan fingerprint density at radius 2 is 1.65 bits per heavy atom. The van der Waals surface area contributed by atoms with E-state index in [0.717, 1.165) is 29.0 Å². The third kappa shape index (κ3) is 3.75. The van der Waals surface area contributed by atoms with Crippen LogP contribution in [0.1, 0.15) is 16.7 Å². The fourth-order valence-electron chi connectivity index (χ4n) is 2.00. The van der Waals surface area contributed by atoms with E-state index in [2.05, 4.69) is 31.2 Å². The van der Waals surface area contributed by atoms with Crippen LogP contribution in [0.3, 0.4) is 0 Å². The van der Waals surface area contributed by atoms with Crippen molar-refractivity contribution in [3.63, 3.8) is 0 Å². The number of benzene rings is 2. The summed E-state index contributed by atoms with van der Waals surface area (Å²) in [6.45, 7) is 3.23. The maximum Gasteiger partial charge on any atom is 0.161 e. The van der Waals surface area contributed by atoms with Gasteiger partial charge in [-0.15, -0.1) is 0 Å². The summed E-state index contributed by atoms with van der Waals surface area (Å²) in [6.07, 6.45) is 0.838. The second-order valence-corrected chi connectivity index (χ2v) is 4.80. The molecule has 0 atom stereocenters. The Labute approximate surface area is 120 Å². The maximum absolute atomic E-state index is 5.88. The third-order valence-corrected chi connectivity index (χ3v) is 3.18. The molecule has 0 aliphatic heterocycles. The molecule has 3 nitrogen and oxygen atoms in total. The van der Waals surface area contributed by atoms with Gasteiger partial charge in [0.05, 0.1) is 7.11 Å². The van der Waals surface area contributed by atoms with Crippen LogP contribution in [-0.4, -0.2) is 13.7 Å². The Balaban J connectivity index is 2.10. The zero-order valence-corrected chi connectivity index (χ0v) is 12.1. The Morgan fingerprint density at radius 1 is 0.950 bits per heavy atom. The van der Waals surface area contributed by atoms with Crippen molar-refractivity contribution in [2.45, 2.75) is 20.0 Å². The standard InChI is InChI=1S/C17H21NO2/c1-13-3-5-15(6-4-13)12-20-17-11-14(9-10-18)7-8-16(17)19-2/h3-8,11H,9-10,12,18H2,1-2H3. The molecule has 0 bridgehead atoms. The van der Waals surface area contributed by atoms with Gasteiger partial charge < -0.3 is 15.2 Å². The summed E-state index contributed by atoms with van der Waals surface area (Å²) in [5.74, 6) is 1.51. The predicted molar refractivity (Wildman–Crippen MR) is 81.3 cm³/mol. The molecule has 0 unspecified atom stereocenters. The van der Waals surface area contributed by atoms with Crippen LogP contribution < -0.4 is 15.2 Å². The van der Waals surface area contributed by atoms with Gasteiger partial charge >= 0.3 is 0 Å². The molecule has 0 aliphatic rings. The van der Waals surface area contributed by atoms with Crippen molar-refractivity contribution in [3.05, 3.63) is 59.2 Å². The van der Waals surface area contributed by atoms with E-state index >= 15 is 0 Å². The van der Waals surface area contributed by atoms with Crippen LogP contribution in [0.25, 0.3) is 0 Å². The van der Waals surface area contributed by atoms with E-state index in [1.54, 1.807) is 7.11 Å². The van der Waals surface area contributed by atoms with E-state index in [0.29, 0.717) is 13.2 Å². The van der Waals surface area contributed by atoms with E-state index in [4.69, 9.17) is 15.2 Å². The summed E-state index contributed by atoms with van der Waals surface area (Å²) in [5, 5.41) is 0. The molecule has 0 fully saturated rings. The van der Waals surface area contributed by atoms with Crippen molar-refractivity contribution in [2.24, 2.45) is 5.73 Å². The van der Waals surface area contributed by atoms with Gasteiger partial charge in [-0.05, 0) is 43.1 Å². The molecule has 2 aromatic carbocycles. The molecule has 2 aromatic rings. The van der Waals surface area contributed by atoms with Crippen molar-refractivity contribution in [1.82, 2.24) is 0 Å². The van der Waals surface area contributed by atoms with Crippen LogP contribution in [0, 0.1) is 6.92 Å². The number of nitrogens with two attached hydrogens (primary N) is 1. The summed E-state index contributed by atoms with van der Waals surface area (Å²) >= 11 is 0. The Bertz CT molecular complexity index is 549. The minimum Gasteiger partial charge on any atom is -0.493 e. The average molecular weight is 271 g/mol. The highest BCUT2D eigenvalue weighted by atomic mass is 16.5. The molecule has 3 heteroatoms. The van der Waals surface area contributed by atoms with Crippen molar-refractivity contribution in [2.75, 3.05) is 13.7 Å². The smallest absolute Gasteiger partial charge is 0.161 e. The molecule has 0 aliphatic carbocycles. The topological polar surface area (TPSA) is 44.5 Å². The average Bonchev–Trinajstić information content (AvgIpc) is 2.47. The number of ether oxygens (including phenoxy) is 2. The molecule has 0 saturated heterocycles. The van der Waals surface area contributed by atoms with Gasteiger partial charge in [0.15, 0.2) is 11.5 Å². The summed E-state index contributed by atoms with van der Waals surface area (Å²) in [5.41, 5.74) is 9.13. The third-order valence-electron chi connectivity index (χ3n) is 3.18. The second-order valence-electron chi connectivity index (χ2n) is 4.80. The number of methoxy groups -OCH3 is 1. The van der Waals surface area contributed by atoms with Crippen LogP contribution in [0.5, 0.6) is 11.5 Å².